The van der Waals surface area contributed by atoms with Gasteiger partial charge in [0.25, 0.3) is 0 Å². The van der Waals surface area contributed by atoms with Crippen molar-refractivity contribution in [3.05, 3.63) is 38.0 Å². The Labute approximate surface area is 346 Å². The van der Waals surface area contributed by atoms with Gasteiger partial charge in [0.1, 0.15) is 38.0 Å². The number of rotatable bonds is 6. The second-order valence-corrected chi connectivity index (χ2v) is 14.4. The molecule has 6 aromatic heterocycles. The molecule has 0 saturated heterocycles. The molecule has 0 spiro atoms. The first-order valence-electron chi connectivity index (χ1n) is 17.4. The van der Waals surface area contributed by atoms with Gasteiger partial charge in [-0.15, -0.1) is 51.1 Å². The SMILES string of the molecule is [Fe+2].[O-][Cl+3]([O-])([O-])[O-].[O-][Cl+3]([O-])([O-])[O-].c1nnnn1C1CC1.c1nnnn1C1CC1.c1nnnn1C1CC1.c1nnnn1C1CC1.c1nnnn1C1CC1.c1nnnn1C1CC1. The summed E-state index contributed by atoms with van der Waals surface area (Å²) < 4.78 is 78.8. The van der Waals surface area contributed by atoms with Crippen molar-refractivity contribution in [2.75, 3.05) is 0 Å². The fraction of sp³-hybridized carbons (Fsp3) is 0.750. The van der Waals surface area contributed by atoms with Gasteiger partial charge in [0.15, 0.2) is 0 Å². The fourth-order valence-corrected chi connectivity index (χ4v) is 4.05. The number of hydrogen-bond donors (Lipinski definition) is 0. The molecular formula is C24H36Cl2FeN24O8. The van der Waals surface area contributed by atoms with Crippen LogP contribution < -0.4 is 37.3 Å². The van der Waals surface area contributed by atoms with E-state index in [0.717, 1.165) is 0 Å². The summed E-state index contributed by atoms with van der Waals surface area (Å²) in [6.45, 7) is 0. The van der Waals surface area contributed by atoms with Crippen LogP contribution in [0.3, 0.4) is 0 Å². The summed E-state index contributed by atoms with van der Waals surface area (Å²) in [4.78, 5) is 0. The Kier molecular flexibility index (Phi) is 18.4. The molecule has 35 heteroatoms. The standard InChI is InChI=1S/6C4H6N4.2ClHO4.Fe/c6*1-2-4(1)8-3-5-6-7-8;2*2-1(3,4)5;/h6*3-4H,1-2H2;2*(H,2,3,4,5);/q;;;;;;;;+2/p-2. The predicted octanol–water partition coefficient (Wildman–Crippen LogP) is -9.47. The summed E-state index contributed by atoms with van der Waals surface area (Å²) in [6, 6.07) is 3.69. The van der Waals surface area contributed by atoms with E-state index in [1.54, 1.807) is 66.1 Å². The summed E-state index contributed by atoms with van der Waals surface area (Å²) in [5, 5.41) is 64.6. The van der Waals surface area contributed by atoms with Crippen molar-refractivity contribution in [1.29, 1.82) is 0 Å². The van der Waals surface area contributed by atoms with E-state index in [0.29, 0.717) is 36.3 Å². The van der Waals surface area contributed by atoms with E-state index in [1.807, 2.05) is 0 Å². The van der Waals surface area contributed by atoms with Crippen LogP contribution in [0.2, 0.25) is 0 Å². The first-order chi connectivity index (χ1) is 27.8. The van der Waals surface area contributed by atoms with Crippen molar-refractivity contribution in [2.45, 2.75) is 113 Å². The minimum atomic E-state index is -4.94. The molecule has 32 nitrogen and oxygen atoms in total. The maximum absolute atomic E-state index is 8.49. The zero-order valence-corrected chi connectivity index (χ0v) is 33.1. The van der Waals surface area contributed by atoms with Crippen molar-refractivity contribution in [3.8, 4) is 0 Å². The van der Waals surface area contributed by atoms with Crippen LogP contribution in [0.4, 0.5) is 0 Å². The third-order valence-corrected chi connectivity index (χ3v) is 7.72. The second kappa shape index (κ2) is 23.1. The fourth-order valence-electron chi connectivity index (χ4n) is 4.05. The molecular weight excluding hydrogens is 879 g/mol. The van der Waals surface area contributed by atoms with Crippen molar-refractivity contribution in [3.63, 3.8) is 0 Å². The van der Waals surface area contributed by atoms with Gasteiger partial charge < -0.3 is 0 Å². The molecule has 6 heterocycles. The van der Waals surface area contributed by atoms with Crippen LogP contribution in [0.1, 0.15) is 113 Å². The molecule has 6 saturated carbocycles. The van der Waals surface area contributed by atoms with Gasteiger partial charge in [0, 0.05) is 0 Å². The van der Waals surface area contributed by atoms with Gasteiger partial charge in [-0.2, -0.15) is 0 Å². The first-order valence-corrected chi connectivity index (χ1v) is 19.8. The van der Waals surface area contributed by atoms with Gasteiger partial charge in [-0.05, 0) is 140 Å². The molecule has 0 N–H and O–H groups in total. The number of hydrogen-bond acceptors (Lipinski definition) is 26. The van der Waals surface area contributed by atoms with Crippen LogP contribution in [-0.4, -0.2) is 121 Å². The van der Waals surface area contributed by atoms with Gasteiger partial charge in [-0.1, -0.05) is 0 Å². The Bertz CT molecular complexity index is 1530. The van der Waals surface area contributed by atoms with E-state index >= 15 is 0 Å². The molecule has 0 radical (unpaired) electrons. The Balaban J connectivity index is 0.000000150. The normalized spacial score (nSPS) is 17.5. The zero-order valence-electron chi connectivity index (χ0n) is 30.5. The minimum absolute atomic E-state index is 0. The van der Waals surface area contributed by atoms with Crippen LogP contribution in [-0.2, 0) is 17.1 Å². The van der Waals surface area contributed by atoms with E-state index in [-0.39, 0.29) is 17.1 Å². The molecule has 6 aromatic rings. The first kappa shape index (κ1) is 46.9. The smallest absolute Gasteiger partial charge is 0.229 e. The van der Waals surface area contributed by atoms with Crippen LogP contribution >= 0.6 is 0 Å². The molecule has 0 atom stereocenters. The predicted molar refractivity (Wildman–Crippen MR) is 157 cm³/mol. The minimum Gasteiger partial charge on any atom is -0.229 e. The van der Waals surface area contributed by atoms with E-state index < -0.39 is 20.5 Å². The molecule has 0 bridgehead atoms. The molecule has 12 rings (SSSR count). The van der Waals surface area contributed by atoms with Crippen molar-refractivity contribution in [1.82, 2.24) is 121 Å². The number of nitrogens with zero attached hydrogens (tertiary/aromatic N) is 24. The molecule has 6 fully saturated rings. The van der Waals surface area contributed by atoms with E-state index in [9.17, 15) is 0 Å². The summed E-state index contributed by atoms with van der Waals surface area (Å²) in [7, 11) is -9.89. The van der Waals surface area contributed by atoms with Crippen LogP contribution in [0.25, 0.3) is 0 Å². The molecule has 0 aliphatic heterocycles. The Morgan fingerprint density at radius 1 is 0.288 bits per heavy atom. The Morgan fingerprint density at radius 2 is 0.407 bits per heavy atom. The Hall–Kier alpha value is -4.80. The van der Waals surface area contributed by atoms with Gasteiger partial charge in [-0.3, -0.25) is 0 Å². The summed E-state index contributed by atoms with van der Waals surface area (Å²) in [5.41, 5.74) is 0. The molecule has 6 aliphatic rings. The topological polar surface area (TPSA) is 446 Å². The number of tetrazole rings is 6. The maximum Gasteiger partial charge on any atom is 2.00 e. The molecule has 0 aromatic carbocycles. The quantitative estimate of drug-likeness (QED) is 0.140. The zero-order chi connectivity index (χ0) is 41.4. The molecule has 59 heavy (non-hydrogen) atoms. The second-order valence-electron chi connectivity index (χ2n) is 12.9. The van der Waals surface area contributed by atoms with Crippen molar-refractivity contribution < 1.29 is 74.8 Å². The van der Waals surface area contributed by atoms with Crippen LogP contribution in [0.15, 0.2) is 38.0 Å². The Morgan fingerprint density at radius 3 is 0.475 bits per heavy atom. The summed E-state index contributed by atoms with van der Waals surface area (Å²) in [5.74, 6) is 0. The monoisotopic (exact) mass is 914 g/mol. The van der Waals surface area contributed by atoms with Crippen molar-refractivity contribution >= 4 is 0 Å². The number of halogens is 2. The number of aromatic nitrogens is 24. The van der Waals surface area contributed by atoms with Gasteiger partial charge in [-0.25, -0.2) is 65.4 Å². The summed E-state index contributed by atoms with van der Waals surface area (Å²) >= 11 is 0. The third-order valence-electron chi connectivity index (χ3n) is 7.72. The van der Waals surface area contributed by atoms with Crippen LogP contribution in [0.5, 0.6) is 0 Å². The largest absolute Gasteiger partial charge is 2.00 e. The molecule has 0 unspecified atom stereocenters. The van der Waals surface area contributed by atoms with Gasteiger partial charge >= 0.3 is 17.1 Å². The van der Waals surface area contributed by atoms with E-state index in [4.69, 9.17) is 37.3 Å². The molecule has 6 aliphatic carbocycles. The maximum atomic E-state index is 8.49. The molecule has 322 valence electrons. The van der Waals surface area contributed by atoms with E-state index in [2.05, 4.69) is 93.2 Å². The van der Waals surface area contributed by atoms with Crippen molar-refractivity contribution in [2.24, 2.45) is 0 Å². The average Bonchev–Trinajstić information content (AvgIpc) is 3.81. The molecule has 0 amide bonds. The van der Waals surface area contributed by atoms with Gasteiger partial charge in [0.05, 0.1) is 36.3 Å². The van der Waals surface area contributed by atoms with E-state index in [1.165, 1.54) is 77.0 Å². The van der Waals surface area contributed by atoms with Gasteiger partial charge in [0.2, 0.25) is 0 Å². The summed E-state index contributed by atoms with van der Waals surface area (Å²) in [6.07, 6.45) is 24.9. The third kappa shape index (κ3) is 22.2. The van der Waals surface area contributed by atoms with Crippen LogP contribution in [0, 0.1) is 20.5 Å². The average molecular weight is 915 g/mol.